The fourth-order valence-corrected chi connectivity index (χ4v) is 4.71. The SMILES string of the molecule is COCCCN(CC(=O)N(CCc1ccc(OC)c(OC)c1)Cc1cccs1)S(C)(=O)=O. The third kappa shape index (κ3) is 8.09. The van der Waals surface area contributed by atoms with E-state index in [9.17, 15) is 13.2 Å². The molecule has 0 aliphatic rings. The van der Waals surface area contributed by atoms with Crippen molar-refractivity contribution in [2.45, 2.75) is 19.4 Å². The number of sulfonamides is 1. The van der Waals surface area contributed by atoms with E-state index in [1.54, 1.807) is 37.6 Å². The average Bonchev–Trinajstić information content (AvgIpc) is 3.28. The van der Waals surface area contributed by atoms with Crippen molar-refractivity contribution in [3.63, 3.8) is 0 Å². The number of hydrogen-bond donors (Lipinski definition) is 0. The van der Waals surface area contributed by atoms with Gasteiger partial charge in [-0.25, -0.2) is 8.42 Å². The maximum absolute atomic E-state index is 13.2. The predicted octanol–water partition coefficient (Wildman–Crippen LogP) is 2.63. The fourth-order valence-electron chi connectivity index (χ4n) is 3.18. The van der Waals surface area contributed by atoms with Gasteiger partial charge in [0.1, 0.15) is 0 Å². The molecule has 10 heteroatoms. The van der Waals surface area contributed by atoms with Crippen molar-refractivity contribution in [3.05, 3.63) is 46.2 Å². The zero-order chi connectivity index (χ0) is 23.6. The summed E-state index contributed by atoms with van der Waals surface area (Å²) in [6, 6.07) is 9.56. The van der Waals surface area contributed by atoms with Crippen LogP contribution in [0.2, 0.25) is 0 Å². The van der Waals surface area contributed by atoms with Crippen molar-refractivity contribution in [1.82, 2.24) is 9.21 Å². The zero-order valence-electron chi connectivity index (χ0n) is 19.1. The van der Waals surface area contributed by atoms with Gasteiger partial charge in [0.15, 0.2) is 11.5 Å². The molecule has 0 aliphatic carbocycles. The lowest BCUT2D eigenvalue weighted by atomic mass is 10.1. The first-order valence-electron chi connectivity index (χ1n) is 10.2. The van der Waals surface area contributed by atoms with Crippen LogP contribution in [0.1, 0.15) is 16.9 Å². The van der Waals surface area contributed by atoms with Gasteiger partial charge in [-0.15, -0.1) is 11.3 Å². The summed E-state index contributed by atoms with van der Waals surface area (Å²) in [6.07, 6.45) is 2.24. The molecule has 0 fully saturated rings. The molecule has 178 valence electrons. The molecule has 2 rings (SSSR count). The Bertz CT molecular complexity index is 947. The third-order valence-corrected chi connectivity index (χ3v) is 7.05. The minimum absolute atomic E-state index is 0.195. The van der Waals surface area contributed by atoms with Crippen molar-refractivity contribution in [2.24, 2.45) is 0 Å². The third-order valence-electron chi connectivity index (χ3n) is 4.93. The molecule has 0 aliphatic heterocycles. The van der Waals surface area contributed by atoms with Crippen molar-refractivity contribution >= 4 is 27.3 Å². The van der Waals surface area contributed by atoms with Crippen LogP contribution in [0.5, 0.6) is 11.5 Å². The van der Waals surface area contributed by atoms with E-state index in [0.717, 1.165) is 16.7 Å². The Morgan fingerprint density at radius 3 is 2.41 bits per heavy atom. The molecule has 2 aromatic rings. The van der Waals surface area contributed by atoms with Crippen LogP contribution in [-0.4, -0.2) is 77.4 Å². The van der Waals surface area contributed by atoms with Gasteiger partial charge in [0.2, 0.25) is 15.9 Å². The number of methoxy groups -OCH3 is 3. The monoisotopic (exact) mass is 484 g/mol. The molecule has 1 aromatic carbocycles. The summed E-state index contributed by atoms with van der Waals surface area (Å²) in [5, 5.41) is 1.96. The molecule has 0 radical (unpaired) electrons. The average molecular weight is 485 g/mol. The Kier molecular flexibility index (Phi) is 10.4. The first-order valence-corrected chi connectivity index (χ1v) is 13.0. The highest BCUT2D eigenvalue weighted by Crippen LogP contribution is 2.28. The minimum atomic E-state index is -3.52. The van der Waals surface area contributed by atoms with E-state index in [1.165, 1.54) is 4.31 Å². The molecular formula is C22H32N2O6S2. The summed E-state index contributed by atoms with van der Waals surface area (Å²) in [4.78, 5) is 15.9. The molecular weight excluding hydrogens is 452 g/mol. The van der Waals surface area contributed by atoms with Crippen LogP contribution in [0.25, 0.3) is 0 Å². The molecule has 32 heavy (non-hydrogen) atoms. The molecule has 0 atom stereocenters. The number of amides is 1. The number of hydrogen-bond acceptors (Lipinski definition) is 7. The van der Waals surface area contributed by atoms with Crippen molar-refractivity contribution in [3.8, 4) is 11.5 Å². The summed E-state index contributed by atoms with van der Waals surface area (Å²) >= 11 is 1.56. The van der Waals surface area contributed by atoms with Crippen LogP contribution < -0.4 is 9.47 Å². The Balaban J connectivity index is 2.14. The molecule has 0 bridgehead atoms. The number of benzene rings is 1. The smallest absolute Gasteiger partial charge is 0.238 e. The van der Waals surface area contributed by atoms with E-state index in [1.807, 2.05) is 35.7 Å². The molecule has 0 saturated carbocycles. The molecule has 1 amide bonds. The number of carbonyl (C=O) groups excluding carboxylic acids is 1. The summed E-state index contributed by atoms with van der Waals surface area (Å²) in [5.41, 5.74) is 0.992. The fraction of sp³-hybridized carbons (Fsp3) is 0.500. The lowest BCUT2D eigenvalue weighted by Gasteiger charge is -2.26. The van der Waals surface area contributed by atoms with Gasteiger partial charge in [-0.1, -0.05) is 12.1 Å². The Morgan fingerprint density at radius 1 is 1.06 bits per heavy atom. The van der Waals surface area contributed by atoms with Gasteiger partial charge in [-0.2, -0.15) is 4.31 Å². The van der Waals surface area contributed by atoms with E-state index < -0.39 is 10.0 Å². The molecule has 0 unspecified atom stereocenters. The van der Waals surface area contributed by atoms with Gasteiger partial charge < -0.3 is 19.1 Å². The van der Waals surface area contributed by atoms with Crippen LogP contribution >= 0.6 is 11.3 Å². The summed E-state index contributed by atoms with van der Waals surface area (Å²) in [6.45, 7) is 1.35. The Labute approximate surface area is 194 Å². The van der Waals surface area contributed by atoms with Crippen LogP contribution in [0.4, 0.5) is 0 Å². The van der Waals surface area contributed by atoms with Crippen molar-refractivity contribution < 1.29 is 27.4 Å². The number of rotatable bonds is 14. The standard InChI is InChI=1S/C22H32N2O6S2/c1-28-13-6-11-24(32(4,26)27)17-22(25)23(16-19-7-5-14-31-19)12-10-18-8-9-20(29-2)21(15-18)30-3/h5,7-9,14-15H,6,10-13,16-17H2,1-4H3. The first kappa shape index (κ1) is 26.1. The highest BCUT2D eigenvalue weighted by molar-refractivity contribution is 7.88. The molecule has 1 heterocycles. The highest BCUT2D eigenvalue weighted by atomic mass is 32.2. The molecule has 0 saturated heterocycles. The molecule has 8 nitrogen and oxygen atoms in total. The Morgan fingerprint density at radius 2 is 1.81 bits per heavy atom. The van der Waals surface area contributed by atoms with Crippen LogP contribution in [0.15, 0.2) is 35.7 Å². The van der Waals surface area contributed by atoms with E-state index in [0.29, 0.717) is 44.0 Å². The molecule has 0 N–H and O–H groups in total. The maximum atomic E-state index is 13.2. The summed E-state index contributed by atoms with van der Waals surface area (Å²) < 4.78 is 41.3. The van der Waals surface area contributed by atoms with Gasteiger partial charge in [0, 0.05) is 31.7 Å². The minimum Gasteiger partial charge on any atom is -0.493 e. The first-order chi connectivity index (χ1) is 15.3. The normalized spacial score (nSPS) is 11.5. The van der Waals surface area contributed by atoms with Crippen molar-refractivity contribution in [1.29, 1.82) is 0 Å². The summed E-state index contributed by atoms with van der Waals surface area (Å²) in [5.74, 6) is 1.03. The summed E-state index contributed by atoms with van der Waals surface area (Å²) in [7, 11) is 1.21. The molecule has 0 spiro atoms. The van der Waals surface area contributed by atoms with E-state index in [4.69, 9.17) is 14.2 Å². The number of ether oxygens (including phenoxy) is 3. The lowest BCUT2D eigenvalue weighted by Crippen LogP contribution is -2.43. The van der Waals surface area contributed by atoms with Gasteiger partial charge in [-0.05, 0) is 42.0 Å². The number of nitrogens with zero attached hydrogens (tertiary/aromatic N) is 2. The second-order valence-electron chi connectivity index (χ2n) is 7.28. The van der Waals surface area contributed by atoms with Crippen LogP contribution in [-0.2, 0) is 32.5 Å². The van der Waals surface area contributed by atoms with Crippen molar-refractivity contribution in [2.75, 3.05) is 53.8 Å². The van der Waals surface area contributed by atoms with E-state index >= 15 is 0 Å². The van der Waals surface area contributed by atoms with Gasteiger partial charge >= 0.3 is 0 Å². The highest BCUT2D eigenvalue weighted by Gasteiger charge is 2.24. The van der Waals surface area contributed by atoms with Gasteiger partial charge in [0.05, 0.1) is 33.6 Å². The van der Waals surface area contributed by atoms with Crippen LogP contribution in [0.3, 0.4) is 0 Å². The molecule has 1 aromatic heterocycles. The number of carbonyl (C=O) groups is 1. The number of thiophene rings is 1. The second kappa shape index (κ2) is 12.8. The zero-order valence-corrected chi connectivity index (χ0v) is 20.7. The quantitative estimate of drug-likeness (QED) is 0.383. The van der Waals surface area contributed by atoms with E-state index in [2.05, 4.69) is 0 Å². The largest absolute Gasteiger partial charge is 0.493 e. The van der Waals surface area contributed by atoms with Crippen LogP contribution in [0, 0.1) is 0 Å². The maximum Gasteiger partial charge on any atom is 0.238 e. The van der Waals surface area contributed by atoms with Gasteiger partial charge in [0.25, 0.3) is 0 Å². The predicted molar refractivity (Wildman–Crippen MR) is 126 cm³/mol. The van der Waals surface area contributed by atoms with Gasteiger partial charge in [-0.3, -0.25) is 4.79 Å². The van der Waals surface area contributed by atoms with E-state index in [-0.39, 0.29) is 19.0 Å². The Hall–Kier alpha value is -2.14. The second-order valence-corrected chi connectivity index (χ2v) is 10.3. The topological polar surface area (TPSA) is 85.4 Å². The lowest BCUT2D eigenvalue weighted by molar-refractivity contribution is -0.132.